The Morgan fingerprint density at radius 1 is 1.38 bits per heavy atom. The highest BCUT2D eigenvalue weighted by molar-refractivity contribution is 5.49. The zero-order valence-electron chi connectivity index (χ0n) is 10.3. The van der Waals surface area contributed by atoms with Crippen LogP contribution in [0.5, 0.6) is 0 Å². The lowest BCUT2D eigenvalue weighted by Crippen LogP contribution is -2.44. The zero-order valence-corrected chi connectivity index (χ0v) is 10.3. The highest BCUT2D eigenvalue weighted by Gasteiger charge is 2.28. The Bertz CT molecular complexity index is 348. The van der Waals surface area contributed by atoms with Crippen molar-refractivity contribution in [3.8, 4) is 0 Å². The molecule has 0 radical (unpaired) electrons. The highest BCUT2D eigenvalue weighted by atomic mass is 15.2. The molecule has 0 saturated heterocycles. The van der Waals surface area contributed by atoms with Crippen molar-refractivity contribution in [3.63, 3.8) is 0 Å². The van der Waals surface area contributed by atoms with E-state index in [9.17, 15) is 0 Å². The molecule has 16 heavy (non-hydrogen) atoms. The van der Waals surface area contributed by atoms with Crippen LogP contribution in [0.2, 0.25) is 0 Å². The lowest BCUT2D eigenvalue weighted by molar-refractivity contribution is 0.551. The molecule has 2 atom stereocenters. The molecule has 1 aromatic rings. The third kappa shape index (κ3) is 2.22. The first-order chi connectivity index (χ1) is 7.72. The van der Waals surface area contributed by atoms with Gasteiger partial charge in [-0.2, -0.15) is 0 Å². The Kier molecular flexibility index (Phi) is 3.49. The summed E-state index contributed by atoms with van der Waals surface area (Å²) in [6.45, 7) is 5.40. The maximum Gasteiger partial charge on any atom is 0.0440 e. The Labute approximate surface area is 98.4 Å². The Hall–Kier alpha value is -1.02. The molecule has 0 amide bonds. The van der Waals surface area contributed by atoms with Crippen LogP contribution < -0.4 is 10.6 Å². The number of hydrogen-bond acceptors (Lipinski definition) is 2. The van der Waals surface area contributed by atoms with Crippen LogP contribution in [-0.4, -0.2) is 18.6 Å². The summed E-state index contributed by atoms with van der Waals surface area (Å²) in [5.74, 6) is 0. The van der Waals surface area contributed by atoms with Gasteiger partial charge in [-0.15, -0.1) is 0 Å². The van der Waals surface area contributed by atoms with Gasteiger partial charge in [0.25, 0.3) is 0 Å². The predicted octanol–water partition coefficient (Wildman–Crippen LogP) is 2.70. The van der Waals surface area contributed by atoms with E-state index in [4.69, 9.17) is 5.73 Å². The summed E-state index contributed by atoms with van der Waals surface area (Å²) in [6.07, 6.45) is 3.68. The van der Waals surface area contributed by atoms with Crippen LogP contribution in [-0.2, 0) is 0 Å². The molecular formula is C14H22N2. The van der Waals surface area contributed by atoms with Crippen molar-refractivity contribution in [2.24, 2.45) is 5.73 Å². The summed E-state index contributed by atoms with van der Waals surface area (Å²) < 4.78 is 0. The van der Waals surface area contributed by atoms with E-state index in [1.807, 2.05) is 0 Å². The van der Waals surface area contributed by atoms with Crippen LogP contribution in [0.25, 0.3) is 0 Å². The first kappa shape index (κ1) is 11.5. The van der Waals surface area contributed by atoms with Gasteiger partial charge in [0.15, 0.2) is 0 Å². The third-order valence-electron chi connectivity index (χ3n) is 3.61. The summed E-state index contributed by atoms with van der Waals surface area (Å²) in [5.41, 5.74) is 8.83. The molecule has 88 valence electrons. The van der Waals surface area contributed by atoms with Gasteiger partial charge < -0.3 is 10.6 Å². The zero-order chi connectivity index (χ0) is 11.5. The van der Waals surface area contributed by atoms with Gasteiger partial charge in [-0.1, -0.05) is 12.1 Å². The smallest absolute Gasteiger partial charge is 0.0440 e. The van der Waals surface area contributed by atoms with E-state index in [1.54, 1.807) is 0 Å². The Balaban J connectivity index is 2.21. The van der Waals surface area contributed by atoms with Gasteiger partial charge in [0, 0.05) is 24.3 Å². The number of likely N-dealkylation sites (N-methyl/N-ethyl adjacent to an activating group) is 1. The number of nitrogens with two attached hydrogens (primary N) is 1. The van der Waals surface area contributed by atoms with E-state index >= 15 is 0 Å². The average molecular weight is 218 g/mol. The quantitative estimate of drug-likeness (QED) is 0.845. The van der Waals surface area contributed by atoms with Gasteiger partial charge in [-0.3, -0.25) is 0 Å². The van der Waals surface area contributed by atoms with E-state index in [1.165, 1.54) is 30.5 Å². The first-order valence-corrected chi connectivity index (χ1v) is 6.31. The van der Waals surface area contributed by atoms with Gasteiger partial charge in [-0.25, -0.2) is 0 Å². The number of hydrogen-bond donors (Lipinski definition) is 1. The van der Waals surface area contributed by atoms with E-state index in [0.29, 0.717) is 12.1 Å². The van der Waals surface area contributed by atoms with Gasteiger partial charge in [-0.05, 0) is 50.8 Å². The van der Waals surface area contributed by atoms with Gasteiger partial charge in [0.05, 0.1) is 0 Å². The number of benzene rings is 1. The van der Waals surface area contributed by atoms with Crippen molar-refractivity contribution in [1.29, 1.82) is 0 Å². The standard InChI is InChI=1S/C14H22N2/c1-3-16(14-9-5-8-13(14)15)12-7-4-6-11(2)10-12/h4,6-7,10,13-14H,3,5,8-9,15H2,1-2H3. The van der Waals surface area contributed by atoms with E-state index in [2.05, 4.69) is 43.0 Å². The van der Waals surface area contributed by atoms with Crippen LogP contribution in [0.1, 0.15) is 31.7 Å². The molecule has 1 saturated carbocycles. The van der Waals surface area contributed by atoms with Crippen molar-refractivity contribution in [1.82, 2.24) is 0 Å². The molecule has 1 aromatic carbocycles. The molecule has 2 nitrogen and oxygen atoms in total. The minimum absolute atomic E-state index is 0.348. The molecule has 0 bridgehead atoms. The second kappa shape index (κ2) is 4.88. The average Bonchev–Trinajstić information content (AvgIpc) is 2.67. The summed E-state index contributed by atoms with van der Waals surface area (Å²) in [6, 6.07) is 9.61. The summed E-state index contributed by atoms with van der Waals surface area (Å²) in [7, 11) is 0. The van der Waals surface area contributed by atoms with Crippen molar-refractivity contribution in [3.05, 3.63) is 29.8 Å². The second-order valence-corrected chi connectivity index (χ2v) is 4.79. The SMILES string of the molecule is CCN(c1cccc(C)c1)C1CCCC1N. The van der Waals surface area contributed by atoms with Gasteiger partial charge in [0.2, 0.25) is 0 Å². The Morgan fingerprint density at radius 3 is 2.75 bits per heavy atom. The normalized spacial score (nSPS) is 24.7. The van der Waals surface area contributed by atoms with Crippen LogP contribution in [0.4, 0.5) is 5.69 Å². The molecule has 2 rings (SSSR count). The molecule has 0 aliphatic heterocycles. The maximum atomic E-state index is 6.19. The first-order valence-electron chi connectivity index (χ1n) is 6.31. The van der Waals surface area contributed by atoms with E-state index in [0.717, 1.165) is 6.54 Å². The van der Waals surface area contributed by atoms with Gasteiger partial charge >= 0.3 is 0 Å². The fraction of sp³-hybridized carbons (Fsp3) is 0.571. The summed E-state index contributed by atoms with van der Waals surface area (Å²) in [4.78, 5) is 2.46. The molecule has 0 heterocycles. The summed E-state index contributed by atoms with van der Waals surface area (Å²) >= 11 is 0. The second-order valence-electron chi connectivity index (χ2n) is 4.79. The molecule has 2 heteroatoms. The van der Waals surface area contributed by atoms with Crippen molar-refractivity contribution in [2.75, 3.05) is 11.4 Å². The summed E-state index contributed by atoms with van der Waals surface area (Å²) in [5, 5.41) is 0. The molecule has 1 aliphatic rings. The Morgan fingerprint density at radius 2 is 2.19 bits per heavy atom. The molecule has 0 spiro atoms. The fourth-order valence-electron chi connectivity index (χ4n) is 2.77. The van der Waals surface area contributed by atoms with Crippen LogP contribution in [0.15, 0.2) is 24.3 Å². The number of rotatable bonds is 3. The van der Waals surface area contributed by atoms with Crippen molar-refractivity contribution in [2.45, 2.75) is 45.2 Å². The predicted molar refractivity (Wildman–Crippen MR) is 69.8 cm³/mol. The van der Waals surface area contributed by atoms with Crippen LogP contribution in [0.3, 0.4) is 0 Å². The lowest BCUT2D eigenvalue weighted by atomic mass is 10.1. The molecule has 2 N–H and O–H groups in total. The van der Waals surface area contributed by atoms with Crippen LogP contribution in [0, 0.1) is 6.92 Å². The molecule has 1 fully saturated rings. The van der Waals surface area contributed by atoms with Crippen molar-refractivity contribution >= 4 is 5.69 Å². The van der Waals surface area contributed by atoms with E-state index < -0.39 is 0 Å². The minimum atomic E-state index is 0.348. The van der Waals surface area contributed by atoms with E-state index in [-0.39, 0.29) is 0 Å². The van der Waals surface area contributed by atoms with Crippen molar-refractivity contribution < 1.29 is 0 Å². The topological polar surface area (TPSA) is 29.3 Å². The maximum absolute atomic E-state index is 6.19. The lowest BCUT2D eigenvalue weighted by Gasteiger charge is -2.33. The van der Waals surface area contributed by atoms with Gasteiger partial charge in [0.1, 0.15) is 0 Å². The number of anilines is 1. The monoisotopic (exact) mass is 218 g/mol. The molecule has 1 aliphatic carbocycles. The fourth-order valence-corrected chi connectivity index (χ4v) is 2.77. The highest BCUT2D eigenvalue weighted by Crippen LogP contribution is 2.27. The number of aryl methyl sites for hydroxylation is 1. The minimum Gasteiger partial charge on any atom is -0.367 e. The molecular weight excluding hydrogens is 196 g/mol. The largest absolute Gasteiger partial charge is 0.367 e. The van der Waals surface area contributed by atoms with Crippen LogP contribution >= 0.6 is 0 Å². The molecule has 2 unspecified atom stereocenters. The third-order valence-corrected chi connectivity index (χ3v) is 3.61. The molecule has 0 aromatic heterocycles. The number of nitrogens with zero attached hydrogens (tertiary/aromatic N) is 1.